The first kappa shape index (κ1) is 38.2. The maximum Gasteiger partial charge on any atom is 0.0734 e. The van der Waals surface area contributed by atoms with Gasteiger partial charge in [0.1, 0.15) is 0 Å². The fraction of sp³-hybridized carbons (Fsp3) is 0.154. The number of rotatable bonds is 12. The minimum absolute atomic E-state index is 0.724. The molecule has 0 saturated heterocycles. The molecule has 3 aromatic rings. The van der Waals surface area contributed by atoms with E-state index in [0.29, 0.717) is 0 Å². The van der Waals surface area contributed by atoms with Gasteiger partial charge < -0.3 is 29.6 Å². The third-order valence-corrected chi connectivity index (χ3v) is 11.4. The Hall–Kier alpha value is -7.32. The van der Waals surface area contributed by atoms with Gasteiger partial charge in [-0.3, -0.25) is 0 Å². The Morgan fingerprint density at radius 1 is 0.417 bits per heavy atom. The first-order valence-corrected chi connectivity index (χ1v) is 20.6. The molecule has 8 nitrogen and oxygen atoms in total. The summed E-state index contributed by atoms with van der Waals surface area (Å²) in [6.07, 6.45) is 42.3. The molecule has 8 heteroatoms. The van der Waals surface area contributed by atoms with Crippen LogP contribution in [0, 0.1) is 0 Å². The monoisotopic (exact) mass is 786 g/mol. The number of hydrogen-bond acceptors (Lipinski definition) is 6. The summed E-state index contributed by atoms with van der Waals surface area (Å²) in [5, 5.41) is 0. The fourth-order valence-corrected chi connectivity index (χ4v) is 8.79. The van der Waals surface area contributed by atoms with E-state index in [1.54, 1.807) is 0 Å². The second-order valence-electron chi connectivity index (χ2n) is 15.5. The lowest BCUT2D eigenvalue weighted by atomic mass is 10.0. The van der Waals surface area contributed by atoms with E-state index in [1.807, 2.05) is 24.3 Å². The van der Waals surface area contributed by atoms with Crippen LogP contribution in [0.3, 0.4) is 0 Å². The highest BCUT2D eigenvalue weighted by Crippen LogP contribution is 2.37. The van der Waals surface area contributed by atoms with Crippen molar-refractivity contribution in [1.29, 1.82) is 0 Å². The van der Waals surface area contributed by atoms with Crippen molar-refractivity contribution in [1.82, 2.24) is 39.5 Å². The minimum Gasteiger partial charge on any atom is -0.369 e. The highest BCUT2D eigenvalue weighted by Gasteiger charge is 2.24. The molecular weight excluding hydrogens is 737 g/mol. The zero-order chi connectivity index (χ0) is 41.0. The van der Waals surface area contributed by atoms with Gasteiger partial charge in [0.15, 0.2) is 0 Å². The van der Waals surface area contributed by atoms with Gasteiger partial charge in [-0.2, -0.15) is 0 Å². The number of allylic oxidation sites excluding steroid dienone is 8. The van der Waals surface area contributed by atoms with E-state index in [4.69, 9.17) is 9.97 Å². The second kappa shape index (κ2) is 16.9. The SMILES string of the molecule is C=CCN1C=CC=C(c2c3nc(c(C4=CC=CN(CC=C)C4)c4ccc([nH]4)c(C4=CC=CN(CC=C)C4)c4nc(c(C5=CC=CN(CC=C)C5)c5ccc2[nH]5)C=C4)C=C3)C1. The number of aromatic amines is 2. The van der Waals surface area contributed by atoms with E-state index in [9.17, 15) is 0 Å². The molecule has 0 aromatic carbocycles. The minimum atomic E-state index is 0.724. The zero-order valence-electron chi connectivity index (χ0n) is 34.0. The molecule has 0 spiro atoms. The maximum atomic E-state index is 5.53. The predicted molar refractivity (Wildman–Crippen MR) is 254 cm³/mol. The number of hydrogen-bond donors (Lipinski definition) is 2. The van der Waals surface area contributed by atoms with Gasteiger partial charge in [0, 0.05) is 96.7 Å². The summed E-state index contributed by atoms with van der Waals surface area (Å²) in [7, 11) is 0. The summed E-state index contributed by atoms with van der Waals surface area (Å²) < 4.78 is 0. The average Bonchev–Trinajstić information content (AvgIpc) is 4.10. The molecule has 60 heavy (non-hydrogen) atoms. The highest BCUT2D eigenvalue weighted by atomic mass is 15.1. The van der Waals surface area contributed by atoms with E-state index >= 15 is 0 Å². The van der Waals surface area contributed by atoms with Crippen LogP contribution in [0.2, 0.25) is 0 Å². The van der Waals surface area contributed by atoms with Crippen LogP contribution in [0.1, 0.15) is 45.0 Å². The van der Waals surface area contributed by atoms with Crippen molar-refractivity contribution in [3.63, 3.8) is 0 Å². The van der Waals surface area contributed by atoms with Crippen molar-refractivity contribution < 1.29 is 0 Å². The largest absolute Gasteiger partial charge is 0.369 e. The molecule has 298 valence electrons. The molecule has 9 rings (SSSR count). The van der Waals surface area contributed by atoms with Crippen LogP contribution in [0.15, 0.2) is 148 Å². The molecule has 0 radical (unpaired) electrons. The van der Waals surface area contributed by atoms with Crippen LogP contribution >= 0.6 is 0 Å². The fourth-order valence-electron chi connectivity index (χ4n) is 8.79. The summed E-state index contributed by atoms with van der Waals surface area (Å²) in [4.78, 5) is 28.0. The van der Waals surface area contributed by atoms with Gasteiger partial charge in [-0.25, -0.2) is 9.97 Å². The Morgan fingerprint density at radius 2 is 0.667 bits per heavy atom. The Morgan fingerprint density at radius 3 is 0.900 bits per heavy atom. The highest BCUT2D eigenvalue weighted by molar-refractivity contribution is 5.97. The molecule has 0 fully saturated rings. The van der Waals surface area contributed by atoms with Crippen LogP contribution in [-0.4, -0.2) is 91.9 Å². The standard InChI is InChI=1S/C52H50N8/c1-5-25-57-29-9-13-37(33-57)49-41-17-19-43(53-41)50(38-14-10-30-58(34-38)26-6-2)45-21-23-47(55-45)52(40-16-12-32-60(36-40)28-8-4)48-24-22-46(56-48)51(44-20-18-42(49)54-44)39-15-11-31-59(35-39)27-7-3/h5-24,29-32,53,56H,1-4,25-28,33-36H2. The van der Waals surface area contributed by atoms with Gasteiger partial charge in [0.25, 0.3) is 0 Å². The Balaban J connectivity index is 1.38. The Labute approximate surface area is 352 Å². The summed E-state index contributed by atoms with van der Waals surface area (Å²) in [5.74, 6) is 0. The van der Waals surface area contributed by atoms with E-state index < -0.39 is 0 Å². The van der Waals surface area contributed by atoms with Gasteiger partial charge >= 0.3 is 0 Å². The summed E-state index contributed by atoms with van der Waals surface area (Å²) >= 11 is 0. The normalized spacial score (nSPS) is 16.8. The predicted octanol–water partition coefficient (Wildman–Crippen LogP) is 10.3. The van der Waals surface area contributed by atoms with Crippen LogP contribution in [0.4, 0.5) is 0 Å². The molecule has 0 saturated carbocycles. The number of H-pyrrole nitrogens is 2. The van der Waals surface area contributed by atoms with E-state index in [0.717, 1.165) is 119 Å². The van der Waals surface area contributed by atoms with Gasteiger partial charge in [0.2, 0.25) is 0 Å². The third-order valence-electron chi connectivity index (χ3n) is 11.4. The summed E-state index contributed by atoms with van der Waals surface area (Å²) in [5.41, 5.74) is 16.6. The van der Waals surface area contributed by atoms with Gasteiger partial charge in [-0.05, 0) is 120 Å². The molecule has 0 atom stereocenters. The molecule has 0 amide bonds. The molecule has 3 aromatic heterocycles. The van der Waals surface area contributed by atoms with Crippen molar-refractivity contribution in [2.75, 3.05) is 52.4 Å². The lowest BCUT2D eigenvalue weighted by molar-refractivity contribution is 0.465. The first-order chi connectivity index (χ1) is 29.5. The molecule has 2 N–H and O–H groups in total. The van der Waals surface area contributed by atoms with Crippen molar-refractivity contribution >= 4 is 68.7 Å². The maximum absolute atomic E-state index is 5.53. The average molecular weight is 787 g/mol. The van der Waals surface area contributed by atoms with Gasteiger partial charge in [-0.15, -0.1) is 26.3 Å². The lowest BCUT2D eigenvalue weighted by Crippen LogP contribution is -2.22. The Kier molecular flexibility index (Phi) is 10.7. The van der Waals surface area contributed by atoms with Crippen LogP contribution in [-0.2, 0) is 0 Å². The van der Waals surface area contributed by atoms with Gasteiger partial charge in [-0.1, -0.05) is 48.6 Å². The first-order valence-electron chi connectivity index (χ1n) is 20.6. The molecule has 6 aliphatic rings. The van der Waals surface area contributed by atoms with E-state index in [-0.39, 0.29) is 0 Å². The van der Waals surface area contributed by atoms with Crippen LogP contribution < -0.4 is 0 Å². The molecular formula is C52H50N8. The van der Waals surface area contributed by atoms with Crippen LogP contribution in [0.25, 0.3) is 68.7 Å². The lowest BCUT2D eigenvalue weighted by Gasteiger charge is -2.24. The zero-order valence-corrected chi connectivity index (χ0v) is 34.0. The van der Waals surface area contributed by atoms with Crippen molar-refractivity contribution in [2.45, 2.75) is 0 Å². The third kappa shape index (κ3) is 7.55. The molecule has 8 bridgehead atoms. The summed E-state index contributed by atoms with van der Waals surface area (Å²) in [6.45, 7) is 22.0. The quantitative estimate of drug-likeness (QED) is 0.123. The van der Waals surface area contributed by atoms with Gasteiger partial charge in [0.05, 0.1) is 22.8 Å². The van der Waals surface area contributed by atoms with E-state index in [1.165, 1.54) is 22.3 Å². The Bertz CT molecular complexity index is 2400. The summed E-state index contributed by atoms with van der Waals surface area (Å²) in [6, 6.07) is 8.80. The molecule has 6 aliphatic heterocycles. The van der Waals surface area contributed by atoms with Crippen LogP contribution in [0.5, 0.6) is 0 Å². The second-order valence-corrected chi connectivity index (χ2v) is 15.5. The molecule has 0 aliphatic carbocycles. The topological polar surface area (TPSA) is 70.3 Å². The van der Waals surface area contributed by atoms with Crippen molar-refractivity contribution in [2.24, 2.45) is 0 Å². The van der Waals surface area contributed by atoms with Crippen molar-refractivity contribution in [3.8, 4) is 0 Å². The number of nitrogens with zero attached hydrogens (tertiary/aromatic N) is 6. The molecule has 0 unspecified atom stereocenters. The smallest absolute Gasteiger partial charge is 0.0734 e. The van der Waals surface area contributed by atoms with Crippen molar-refractivity contribution in [3.05, 3.63) is 193 Å². The number of nitrogens with one attached hydrogen (secondary N) is 2. The number of fused-ring (bicyclic) bond motifs is 8. The molecule has 9 heterocycles. The number of aromatic nitrogens is 4. The van der Waals surface area contributed by atoms with E-state index in [2.05, 4.69) is 178 Å².